The van der Waals surface area contributed by atoms with Crippen molar-refractivity contribution in [2.75, 3.05) is 4.90 Å². The minimum Gasteiger partial charge on any atom is -0.309 e. The SMILES string of the molecule is c1cc(-c2cccc3ccccc23)cc(N(c2ccc3ccc4cccc5ccc2c3c45)c2ccc3ccc4cccc5ccc2c3c45)c1. The second-order valence-electron chi connectivity index (χ2n) is 13.3. The molecule has 1 nitrogen and oxygen atoms in total. The minimum atomic E-state index is 1.13. The highest BCUT2D eigenvalue weighted by Gasteiger charge is 2.22. The fourth-order valence-electron chi connectivity index (χ4n) is 8.53. The Morgan fingerprint density at radius 3 is 1.35 bits per heavy atom. The molecule has 0 aliphatic rings. The van der Waals surface area contributed by atoms with Crippen LogP contribution in [0.15, 0.2) is 176 Å². The molecule has 226 valence electrons. The molecule has 11 aromatic rings. The van der Waals surface area contributed by atoms with Gasteiger partial charge in [0.25, 0.3) is 0 Å². The molecule has 49 heavy (non-hydrogen) atoms. The lowest BCUT2D eigenvalue weighted by Crippen LogP contribution is -2.11. The Morgan fingerprint density at radius 2 is 0.735 bits per heavy atom. The molecular weight excluding hydrogens is 591 g/mol. The maximum atomic E-state index is 2.51. The minimum absolute atomic E-state index is 1.13. The Bertz CT molecular complexity index is 2880. The van der Waals surface area contributed by atoms with E-state index in [1.807, 2.05) is 0 Å². The van der Waals surface area contributed by atoms with Crippen molar-refractivity contribution in [3.05, 3.63) is 176 Å². The largest absolute Gasteiger partial charge is 0.309 e. The van der Waals surface area contributed by atoms with Crippen molar-refractivity contribution >= 4 is 92.5 Å². The van der Waals surface area contributed by atoms with Gasteiger partial charge in [0.2, 0.25) is 0 Å². The van der Waals surface area contributed by atoms with Crippen LogP contribution in [0.4, 0.5) is 17.1 Å². The summed E-state index contributed by atoms with van der Waals surface area (Å²) in [5.74, 6) is 0. The van der Waals surface area contributed by atoms with Crippen LogP contribution in [0.1, 0.15) is 0 Å². The average molecular weight is 620 g/mol. The van der Waals surface area contributed by atoms with E-state index in [1.165, 1.54) is 97.9 Å². The van der Waals surface area contributed by atoms with Crippen molar-refractivity contribution < 1.29 is 0 Å². The zero-order valence-electron chi connectivity index (χ0n) is 26.7. The van der Waals surface area contributed by atoms with Crippen molar-refractivity contribution in [1.82, 2.24) is 0 Å². The van der Waals surface area contributed by atoms with Gasteiger partial charge in [-0.1, -0.05) is 152 Å². The third-order valence-electron chi connectivity index (χ3n) is 10.7. The molecule has 0 bridgehead atoms. The number of benzene rings is 11. The lowest BCUT2D eigenvalue weighted by atomic mass is 9.91. The van der Waals surface area contributed by atoms with E-state index in [0.717, 1.165) is 5.69 Å². The fourth-order valence-corrected chi connectivity index (χ4v) is 8.53. The molecule has 0 N–H and O–H groups in total. The predicted molar refractivity (Wildman–Crippen MR) is 211 cm³/mol. The van der Waals surface area contributed by atoms with Crippen molar-refractivity contribution in [2.24, 2.45) is 0 Å². The standard InChI is InChI=1S/C48H29N/c1-2-15-39-30(7-1)8-6-16-40(39)37-13-5-14-38(29-37)49(43-27-23-35-19-17-31-9-3-11-33-21-25-41(43)47(35)45(31)33)44-28-24-36-20-18-32-10-4-12-34-22-26-42(44)48(36)46(32)34/h1-29H. The summed E-state index contributed by atoms with van der Waals surface area (Å²) in [6.45, 7) is 0. The van der Waals surface area contributed by atoms with Gasteiger partial charge in [-0.3, -0.25) is 0 Å². The summed E-state index contributed by atoms with van der Waals surface area (Å²) >= 11 is 0. The number of rotatable bonds is 4. The zero-order valence-corrected chi connectivity index (χ0v) is 26.7. The number of fused-ring (bicyclic) bond motifs is 1. The van der Waals surface area contributed by atoms with E-state index < -0.39 is 0 Å². The summed E-state index contributed by atoms with van der Waals surface area (Å²) in [7, 11) is 0. The van der Waals surface area contributed by atoms with Crippen molar-refractivity contribution in [2.45, 2.75) is 0 Å². The lowest BCUT2D eigenvalue weighted by molar-refractivity contribution is 1.32. The topological polar surface area (TPSA) is 3.24 Å². The molecule has 0 radical (unpaired) electrons. The molecule has 0 saturated heterocycles. The molecule has 0 heterocycles. The van der Waals surface area contributed by atoms with E-state index >= 15 is 0 Å². The molecule has 11 rings (SSSR count). The Labute approximate surface area is 283 Å². The van der Waals surface area contributed by atoms with Crippen LogP contribution in [0.3, 0.4) is 0 Å². The van der Waals surface area contributed by atoms with Crippen LogP contribution in [0, 0.1) is 0 Å². The van der Waals surface area contributed by atoms with Crippen LogP contribution in [0.5, 0.6) is 0 Å². The maximum absolute atomic E-state index is 2.51. The van der Waals surface area contributed by atoms with Crippen molar-refractivity contribution in [3.8, 4) is 11.1 Å². The summed E-state index contributed by atoms with van der Waals surface area (Å²) in [6, 6.07) is 65.3. The number of hydrogen-bond acceptors (Lipinski definition) is 1. The first-order valence-electron chi connectivity index (χ1n) is 17.0. The van der Waals surface area contributed by atoms with Gasteiger partial charge in [-0.05, 0) is 100 Å². The van der Waals surface area contributed by atoms with E-state index in [0.29, 0.717) is 0 Å². The van der Waals surface area contributed by atoms with Crippen molar-refractivity contribution in [3.63, 3.8) is 0 Å². The molecule has 0 amide bonds. The van der Waals surface area contributed by atoms with Crippen LogP contribution in [-0.2, 0) is 0 Å². The summed E-state index contributed by atoms with van der Waals surface area (Å²) in [5, 5.41) is 18.0. The molecule has 0 atom stereocenters. The summed E-state index contributed by atoms with van der Waals surface area (Å²) in [6.07, 6.45) is 0. The third-order valence-corrected chi connectivity index (χ3v) is 10.7. The quantitative estimate of drug-likeness (QED) is 0.177. The third kappa shape index (κ3) is 3.82. The summed E-state index contributed by atoms with van der Waals surface area (Å²) < 4.78 is 0. The van der Waals surface area contributed by atoms with Crippen LogP contribution in [0.25, 0.3) is 86.5 Å². The Balaban J connectivity index is 1.25. The van der Waals surface area contributed by atoms with Crippen LogP contribution in [0.2, 0.25) is 0 Å². The smallest absolute Gasteiger partial charge is 0.0540 e. The van der Waals surface area contributed by atoms with Gasteiger partial charge in [-0.2, -0.15) is 0 Å². The molecular formula is C48H29N. The molecule has 0 aliphatic heterocycles. The average Bonchev–Trinajstić information content (AvgIpc) is 3.17. The normalized spacial score (nSPS) is 12.1. The molecule has 11 aromatic carbocycles. The van der Waals surface area contributed by atoms with Crippen molar-refractivity contribution in [1.29, 1.82) is 0 Å². The molecule has 0 saturated carbocycles. The van der Waals surface area contributed by atoms with E-state index in [9.17, 15) is 0 Å². The van der Waals surface area contributed by atoms with Gasteiger partial charge >= 0.3 is 0 Å². The van der Waals surface area contributed by atoms with E-state index in [-0.39, 0.29) is 0 Å². The lowest BCUT2D eigenvalue weighted by Gasteiger charge is -2.30. The summed E-state index contributed by atoms with van der Waals surface area (Å²) in [5.41, 5.74) is 5.93. The Hall–Kier alpha value is -6.44. The van der Waals surface area contributed by atoms with E-state index in [1.54, 1.807) is 0 Å². The monoisotopic (exact) mass is 619 g/mol. The molecule has 0 unspecified atom stereocenters. The first-order chi connectivity index (χ1) is 24.3. The second-order valence-corrected chi connectivity index (χ2v) is 13.3. The first kappa shape index (κ1) is 26.6. The predicted octanol–water partition coefficient (Wildman–Crippen LogP) is 13.8. The Morgan fingerprint density at radius 1 is 0.286 bits per heavy atom. The number of anilines is 3. The number of nitrogens with zero attached hydrogens (tertiary/aromatic N) is 1. The van der Waals surface area contributed by atoms with Gasteiger partial charge in [0.15, 0.2) is 0 Å². The maximum Gasteiger partial charge on any atom is 0.0540 e. The molecule has 0 spiro atoms. The summed E-state index contributed by atoms with van der Waals surface area (Å²) in [4.78, 5) is 2.51. The van der Waals surface area contributed by atoms with Gasteiger partial charge in [0, 0.05) is 16.5 Å². The zero-order chi connectivity index (χ0) is 32.1. The fraction of sp³-hybridized carbons (Fsp3) is 0. The van der Waals surface area contributed by atoms with Crippen LogP contribution >= 0.6 is 0 Å². The van der Waals surface area contributed by atoms with Gasteiger partial charge in [0.05, 0.1) is 11.4 Å². The molecule has 0 fully saturated rings. The second kappa shape index (κ2) is 10.0. The Kier molecular flexibility index (Phi) is 5.45. The van der Waals surface area contributed by atoms with Gasteiger partial charge < -0.3 is 4.90 Å². The highest BCUT2D eigenvalue weighted by molar-refractivity contribution is 6.28. The molecule has 0 aromatic heterocycles. The van der Waals surface area contributed by atoms with E-state index in [4.69, 9.17) is 0 Å². The van der Waals surface area contributed by atoms with Gasteiger partial charge in [-0.25, -0.2) is 0 Å². The van der Waals surface area contributed by atoms with Crippen LogP contribution in [-0.4, -0.2) is 0 Å². The van der Waals surface area contributed by atoms with Crippen LogP contribution < -0.4 is 4.90 Å². The van der Waals surface area contributed by atoms with E-state index in [2.05, 4.69) is 181 Å². The van der Waals surface area contributed by atoms with Gasteiger partial charge in [0.1, 0.15) is 0 Å². The molecule has 0 aliphatic carbocycles. The first-order valence-corrected chi connectivity index (χ1v) is 17.0. The van der Waals surface area contributed by atoms with Gasteiger partial charge in [-0.15, -0.1) is 0 Å². The molecule has 1 heteroatoms. The number of hydrogen-bond donors (Lipinski definition) is 0. The highest BCUT2D eigenvalue weighted by Crippen LogP contribution is 2.48. The highest BCUT2D eigenvalue weighted by atomic mass is 15.1.